The van der Waals surface area contributed by atoms with Crippen LogP contribution in [0, 0.1) is 6.92 Å². The maximum atomic E-state index is 12.5. The van der Waals surface area contributed by atoms with E-state index in [4.69, 9.17) is 5.73 Å². The number of benzene rings is 2. The molecule has 5 N–H and O–H groups in total. The summed E-state index contributed by atoms with van der Waals surface area (Å²) in [7, 11) is -3.46. The molecular formula is C21H26N4O4S. The van der Waals surface area contributed by atoms with Crippen LogP contribution in [0.25, 0.3) is 0 Å². The number of hydrogen-bond acceptors (Lipinski definition) is 4. The molecule has 0 aliphatic carbocycles. The summed E-state index contributed by atoms with van der Waals surface area (Å²) in [5.74, 6) is -0.488. The maximum absolute atomic E-state index is 12.5. The second kappa shape index (κ2) is 10.6. The van der Waals surface area contributed by atoms with Gasteiger partial charge in [-0.3, -0.25) is 4.79 Å². The number of carbonyl (C=O) groups excluding carboxylic acids is 2. The number of carbonyl (C=O) groups is 2. The van der Waals surface area contributed by atoms with Gasteiger partial charge in [-0.05, 0) is 35.7 Å². The van der Waals surface area contributed by atoms with Gasteiger partial charge < -0.3 is 16.4 Å². The molecule has 0 aliphatic heterocycles. The molecule has 0 fully saturated rings. The van der Waals surface area contributed by atoms with Crippen molar-refractivity contribution in [3.8, 4) is 0 Å². The third-order valence-corrected chi connectivity index (χ3v) is 5.63. The van der Waals surface area contributed by atoms with Crippen LogP contribution in [0.4, 0.5) is 10.5 Å². The normalized spacial score (nSPS) is 12.0. The molecule has 3 amide bonds. The van der Waals surface area contributed by atoms with Crippen molar-refractivity contribution in [2.24, 2.45) is 5.73 Å². The van der Waals surface area contributed by atoms with Crippen LogP contribution < -0.4 is 21.1 Å². The first kappa shape index (κ1) is 23.1. The van der Waals surface area contributed by atoms with Crippen molar-refractivity contribution < 1.29 is 18.0 Å². The summed E-state index contributed by atoms with van der Waals surface area (Å²) in [5, 5.41) is 5.35. The van der Waals surface area contributed by atoms with E-state index in [0.29, 0.717) is 11.3 Å². The van der Waals surface area contributed by atoms with Gasteiger partial charge in [0.05, 0.1) is 18.2 Å². The highest BCUT2D eigenvalue weighted by molar-refractivity contribution is 7.88. The fourth-order valence-electron chi connectivity index (χ4n) is 2.93. The first-order valence-corrected chi connectivity index (χ1v) is 10.9. The Morgan fingerprint density at radius 3 is 2.40 bits per heavy atom. The van der Waals surface area contributed by atoms with Crippen molar-refractivity contribution in [1.29, 1.82) is 0 Å². The number of nitrogens with two attached hydrogens (primary N) is 1. The minimum atomic E-state index is -3.46. The quantitative estimate of drug-likeness (QED) is 0.431. The van der Waals surface area contributed by atoms with Crippen LogP contribution in [0.5, 0.6) is 0 Å². The molecule has 1 unspecified atom stereocenters. The van der Waals surface area contributed by atoms with E-state index in [1.165, 1.54) is 6.08 Å². The predicted molar refractivity (Wildman–Crippen MR) is 117 cm³/mol. The first-order chi connectivity index (χ1) is 14.2. The van der Waals surface area contributed by atoms with E-state index in [2.05, 4.69) is 21.9 Å². The highest BCUT2D eigenvalue weighted by Gasteiger charge is 2.19. The Kier molecular flexibility index (Phi) is 8.14. The van der Waals surface area contributed by atoms with E-state index in [1.807, 2.05) is 31.2 Å². The van der Waals surface area contributed by atoms with Crippen LogP contribution >= 0.6 is 0 Å². The van der Waals surface area contributed by atoms with Crippen LogP contribution in [0.3, 0.4) is 0 Å². The molecule has 160 valence electrons. The first-order valence-electron chi connectivity index (χ1n) is 9.28. The summed E-state index contributed by atoms with van der Waals surface area (Å²) in [4.78, 5) is 23.9. The van der Waals surface area contributed by atoms with Gasteiger partial charge >= 0.3 is 6.03 Å². The molecule has 0 heterocycles. The fraction of sp³-hybridized carbons (Fsp3) is 0.238. The summed E-state index contributed by atoms with van der Waals surface area (Å²) in [6.45, 7) is 5.53. The number of primary amides is 1. The molecule has 9 heteroatoms. The highest BCUT2D eigenvalue weighted by Crippen LogP contribution is 2.21. The van der Waals surface area contributed by atoms with Gasteiger partial charge in [-0.25, -0.2) is 17.9 Å². The fourth-order valence-corrected chi connectivity index (χ4v) is 4.03. The number of sulfonamides is 1. The molecule has 0 aliphatic rings. The van der Waals surface area contributed by atoms with Gasteiger partial charge in [0.25, 0.3) is 0 Å². The Morgan fingerprint density at radius 2 is 1.80 bits per heavy atom. The van der Waals surface area contributed by atoms with Crippen LogP contribution in [0.1, 0.15) is 29.2 Å². The summed E-state index contributed by atoms with van der Waals surface area (Å²) in [6.07, 6.45) is 1.46. The van der Waals surface area contributed by atoms with Crippen molar-refractivity contribution in [2.45, 2.75) is 25.1 Å². The van der Waals surface area contributed by atoms with Crippen LogP contribution in [0.15, 0.2) is 61.2 Å². The molecule has 2 aromatic rings. The Labute approximate surface area is 176 Å². The summed E-state index contributed by atoms with van der Waals surface area (Å²) < 4.78 is 26.2. The topological polar surface area (TPSA) is 130 Å². The predicted octanol–water partition coefficient (Wildman–Crippen LogP) is 2.34. The molecule has 1 atom stereocenters. The molecule has 30 heavy (non-hydrogen) atoms. The molecule has 0 spiro atoms. The maximum Gasteiger partial charge on any atom is 0.312 e. The van der Waals surface area contributed by atoms with Crippen molar-refractivity contribution in [3.63, 3.8) is 0 Å². The zero-order chi connectivity index (χ0) is 22.1. The number of rotatable bonds is 10. The summed E-state index contributed by atoms with van der Waals surface area (Å²) in [5.41, 5.74) is 8.10. The minimum absolute atomic E-state index is 0.00457. The van der Waals surface area contributed by atoms with Gasteiger partial charge in [0.1, 0.15) is 0 Å². The Bertz CT molecular complexity index is 1000. The van der Waals surface area contributed by atoms with Gasteiger partial charge in [0.15, 0.2) is 0 Å². The van der Waals surface area contributed by atoms with E-state index >= 15 is 0 Å². The lowest BCUT2D eigenvalue weighted by Gasteiger charge is -2.19. The smallest absolute Gasteiger partial charge is 0.312 e. The second-order valence-corrected chi connectivity index (χ2v) is 8.57. The Hall–Kier alpha value is -3.17. The van der Waals surface area contributed by atoms with E-state index in [1.54, 1.807) is 24.3 Å². The van der Waals surface area contributed by atoms with Gasteiger partial charge in [-0.2, -0.15) is 0 Å². The van der Waals surface area contributed by atoms with Gasteiger partial charge in [0, 0.05) is 12.2 Å². The SMILES string of the molecule is C=CCNS(=O)(=O)Cc1ccc(NC(=O)CC(NC(N)=O)c2ccccc2C)cc1. The third kappa shape index (κ3) is 7.34. The lowest BCUT2D eigenvalue weighted by molar-refractivity contribution is -0.116. The molecule has 0 bridgehead atoms. The van der Waals surface area contributed by atoms with Crippen LogP contribution in [-0.2, 0) is 20.6 Å². The van der Waals surface area contributed by atoms with Crippen molar-refractivity contribution in [3.05, 3.63) is 77.9 Å². The molecule has 0 saturated heterocycles. The van der Waals surface area contributed by atoms with Crippen LogP contribution in [-0.4, -0.2) is 26.9 Å². The molecule has 0 saturated carbocycles. The number of anilines is 1. The lowest BCUT2D eigenvalue weighted by Crippen LogP contribution is -2.35. The minimum Gasteiger partial charge on any atom is -0.352 e. The largest absolute Gasteiger partial charge is 0.352 e. The Morgan fingerprint density at radius 1 is 1.13 bits per heavy atom. The van der Waals surface area contributed by atoms with Gasteiger partial charge in [-0.15, -0.1) is 6.58 Å². The molecule has 2 aromatic carbocycles. The van der Waals surface area contributed by atoms with Crippen molar-refractivity contribution in [2.75, 3.05) is 11.9 Å². The lowest BCUT2D eigenvalue weighted by atomic mass is 9.98. The zero-order valence-corrected chi connectivity index (χ0v) is 17.5. The van der Waals surface area contributed by atoms with Gasteiger partial charge in [-0.1, -0.05) is 42.5 Å². The standard InChI is InChI=1S/C21H26N4O4S/c1-3-12-23-30(28,29)14-16-8-10-17(11-9-16)24-20(26)13-19(25-21(22)27)18-7-5-4-6-15(18)2/h3-11,19,23H,1,12-14H2,2H3,(H,24,26)(H3,22,25,27). The van der Waals surface area contributed by atoms with E-state index in [9.17, 15) is 18.0 Å². The monoisotopic (exact) mass is 430 g/mol. The zero-order valence-electron chi connectivity index (χ0n) is 16.7. The third-order valence-electron chi connectivity index (χ3n) is 4.31. The molecule has 0 radical (unpaired) electrons. The molecule has 8 nitrogen and oxygen atoms in total. The van der Waals surface area contributed by atoms with E-state index < -0.39 is 22.1 Å². The van der Waals surface area contributed by atoms with Gasteiger partial charge in [0.2, 0.25) is 15.9 Å². The average Bonchev–Trinajstić information content (AvgIpc) is 2.67. The molecular weight excluding hydrogens is 404 g/mol. The Balaban J connectivity index is 2.03. The number of aryl methyl sites for hydroxylation is 1. The number of nitrogens with one attached hydrogen (secondary N) is 3. The second-order valence-electron chi connectivity index (χ2n) is 6.76. The average molecular weight is 431 g/mol. The number of urea groups is 1. The summed E-state index contributed by atoms with van der Waals surface area (Å²) in [6, 6.07) is 12.6. The summed E-state index contributed by atoms with van der Waals surface area (Å²) >= 11 is 0. The number of amides is 3. The van der Waals surface area contributed by atoms with E-state index in [-0.39, 0.29) is 24.6 Å². The molecule has 0 aromatic heterocycles. The molecule has 2 rings (SSSR count). The number of hydrogen-bond donors (Lipinski definition) is 4. The van der Waals surface area contributed by atoms with Crippen molar-refractivity contribution >= 4 is 27.6 Å². The van der Waals surface area contributed by atoms with Crippen LogP contribution in [0.2, 0.25) is 0 Å². The van der Waals surface area contributed by atoms with Crippen molar-refractivity contribution in [1.82, 2.24) is 10.0 Å². The van der Waals surface area contributed by atoms with E-state index in [0.717, 1.165) is 11.1 Å². The highest BCUT2D eigenvalue weighted by atomic mass is 32.2.